The molecule has 1 saturated carbocycles. The van der Waals surface area contributed by atoms with Gasteiger partial charge in [-0.25, -0.2) is 9.48 Å². The molecule has 2 aromatic rings. The fraction of sp³-hybridized carbons (Fsp3) is 0.389. The van der Waals surface area contributed by atoms with Crippen molar-refractivity contribution in [2.24, 2.45) is 0 Å². The SMILES string of the molecule is Cc1cccc(C(=O)OCC(=O)Nc2ccnn2C2CCCC2)c1[N+](=O)[O-]. The van der Waals surface area contributed by atoms with E-state index in [0.29, 0.717) is 11.4 Å². The van der Waals surface area contributed by atoms with Crippen LogP contribution in [0.25, 0.3) is 0 Å². The summed E-state index contributed by atoms with van der Waals surface area (Å²) in [4.78, 5) is 34.9. The highest BCUT2D eigenvalue weighted by Gasteiger charge is 2.25. The Morgan fingerprint density at radius 3 is 2.78 bits per heavy atom. The summed E-state index contributed by atoms with van der Waals surface area (Å²) in [7, 11) is 0. The molecule has 1 aliphatic rings. The van der Waals surface area contributed by atoms with E-state index in [2.05, 4.69) is 10.4 Å². The molecule has 0 atom stereocenters. The summed E-state index contributed by atoms with van der Waals surface area (Å²) in [5.41, 5.74) is -0.148. The molecular formula is C18H20N4O5. The number of aryl methyl sites for hydroxylation is 1. The highest BCUT2D eigenvalue weighted by Crippen LogP contribution is 2.31. The molecule has 1 amide bonds. The molecule has 1 aromatic carbocycles. The number of amides is 1. The van der Waals surface area contributed by atoms with Crippen molar-refractivity contribution in [2.75, 3.05) is 11.9 Å². The summed E-state index contributed by atoms with van der Waals surface area (Å²) in [6, 6.07) is 6.31. The molecule has 0 radical (unpaired) electrons. The molecule has 0 unspecified atom stereocenters. The van der Waals surface area contributed by atoms with Crippen LogP contribution in [0.5, 0.6) is 0 Å². The average molecular weight is 372 g/mol. The third-order valence-electron chi connectivity index (χ3n) is 4.58. The number of nitro groups is 1. The molecule has 0 aliphatic heterocycles. The van der Waals surface area contributed by atoms with Crippen molar-refractivity contribution in [3.8, 4) is 0 Å². The van der Waals surface area contributed by atoms with Crippen LogP contribution in [0.3, 0.4) is 0 Å². The number of nitrogens with zero attached hydrogens (tertiary/aromatic N) is 3. The number of esters is 1. The van der Waals surface area contributed by atoms with E-state index in [0.717, 1.165) is 25.7 Å². The number of anilines is 1. The largest absolute Gasteiger partial charge is 0.452 e. The number of nitro benzene ring substituents is 1. The molecule has 3 rings (SSSR count). The number of nitrogens with one attached hydrogen (secondary N) is 1. The molecule has 27 heavy (non-hydrogen) atoms. The van der Waals surface area contributed by atoms with Gasteiger partial charge in [-0.05, 0) is 25.8 Å². The fourth-order valence-corrected chi connectivity index (χ4v) is 3.31. The highest BCUT2D eigenvalue weighted by atomic mass is 16.6. The number of carbonyl (C=O) groups is 2. The Balaban J connectivity index is 1.62. The lowest BCUT2D eigenvalue weighted by Crippen LogP contribution is -2.23. The standard InChI is InChI=1S/C18H20N4O5/c1-12-5-4-8-14(17(12)22(25)26)18(24)27-11-16(23)20-15-9-10-19-21(15)13-6-2-3-7-13/h4-5,8-10,13H,2-3,6-7,11H2,1H3,(H,20,23). The van der Waals surface area contributed by atoms with Crippen LogP contribution in [0.4, 0.5) is 11.5 Å². The molecule has 142 valence electrons. The van der Waals surface area contributed by atoms with Gasteiger partial charge in [-0.2, -0.15) is 5.10 Å². The van der Waals surface area contributed by atoms with Crippen molar-refractivity contribution in [3.63, 3.8) is 0 Å². The minimum Gasteiger partial charge on any atom is -0.452 e. The third-order valence-corrected chi connectivity index (χ3v) is 4.58. The fourth-order valence-electron chi connectivity index (χ4n) is 3.31. The van der Waals surface area contributed by atoms with E-state index in [1.54, 1.807) is 16.9 Å². The Bertz CT molecular complexity index is 870. The van der Waals surface area contributed by atoms with Crippen molar-refractivity contribution in [1.29, 1.82) is 0 Å². The maximum Gasteiger partial charge on any atom is 0.345 e. The first-order valence-electron chi connectivity index (χ1n) is 8.72. The molecule has 1 fully saturated rings. The number of ether oxygens (including phenoxy) is 1. The van der Waals surface area contributed by atoms with Gasteiger partial charge in [-0.3, -0.25) is 14.9 Å². The van der Waals surface area contributed by atoms with Crippen LogP contribution < -0.4 is 5.32 Å². The maximum absolute atomic E-state index is 12.2. The molecule has 1 aliphatic carbocycles. The number of aromatic nitrogens is 2. The molecule has 9 nitrogen and oxygen atoms in total. The maximum atomic E-state index is 12.2. The second-order valence-corrected chi connectivity index (χ2v) is 6.45. The lowest BCUT2D eigenvalue weighted by Gasteiger charge is -2.14. The van der Waals surface area contributed by atoms with Gasteiger partial charge < -0.3 is 10.1 Å². The number of carbonyl (C=O) groups excluding carboxylic acids is 2. The second kappa shape index (κ2) is 7.98. The minimum atomic E-state index is -0.912. The Kier molecular flexibility index (Phi) is 5.49. The summed E-state index contributed by atoms with van der Waals surface area (Å²) in [6.07, 6.45) is 5.89. The van der Waals surface area contributed by atoms with Crippen molar-refractivity contribution in [2.45, 2.75) is 38.6 Å². The van der Waals surface area contributed by atoms with Gasteiger partial charge in [0.25, 0.3) is 11.6 Å². The molecular weight excluding hydrogens is 352 g/mol. The van der Waals surface area contributed by atoms with E-state index in [-0.39, 0.29) is 17.3 Å². The highest BCUT2D eigenvalue weighted by molar-refractivity contribution is 5.97. The first kappa shape index (κ1) is 18.6. The number of hydrogen-bond acceptors (Lipinski definition) is 6. The third kappa shape index (κ3) is 4.13. The number of benzene rings is 1. The second-order valence-electron chi connectivity index (χ2n) is 6.45. The monoisotopic (exact) mass is 372 g/mol. The molecule has 1 heterocycles. The zero-order valence-electron chi connectivity index (χ0n) is 14.9. The van der Waals surface area contributed by atoms with Crippen LogP contribution in [0, 0.1) is 17.0 Å². The molecule has 0 saturated heterocycles. The van der Waals surface area contributed by atoms with E-state index < -0.39 is 23.4 Å². The van der Waals surface area contributed by atoms with Crippen LogP contribution in [0.15, 0.2) is 30.5 Å². The van der Waals surface area contributed by atoms with E-state index in [9.17, 15) is 19.7 Å². The van der Waals surface area contributed by atoms with Gasteiger partial charge >= 0.3 is 5.97 Å². The normalized spacial score (nSPS) is 14.1. The summed E-state index contributed by atoms with van der Waals surface area (Å²) in [6.45, 7) is 0.992. The van der Waals surface area contributed by atoms with Crippen molar-refractivity contribution >= 4 is 23.4 Å². The Morgan fingerprint density at radius 2 is 2.07 bits per heavy atom. The predicted octanol–water partition coefficient (Wildman–Crippen LogP) is 3.01. The van der Waals surface area contributed by atoms with E-state index in [1.807, 2.05) is 0 Å². The molecule has 9 heteroatoms. The predicted molar refractivity (Wildman–Crippen MR) is 96.5 cm³/mol. The van der Waals surface area contributed by atoms with Gasteiger partial charge in [0.1, 0.15) is 11.4 Å². The number of hydrogen-bond donors (Lipinski definition) is 1. The Hall–Kier alpha value is -3.23. The first-order valence-corrected chi connectivity index (χ1v) is 8.72. The molecule has 1 N–H and O–H groups in total. The topological polar surface area (TPSA) is 116 Å². The minimum absolute atomic E-state index is 0.177. The number of para-hydroxylation sites is 1. The van der Waals surface area contributed by atoms with Crippen molar-refractivity contribution in [3.05, 3.63) is 51.7 Å². The molecule has 1 aromatic heterocycles. The van der Waals surface area contributed by atoms with Gasteiger partial charge in [0.05, 0.1) is 17.2 Å². The lowest BCUT2D eigenvalue weighted by atomic mass is 10.1. The summed E-state index contributed by atoms with van der Waals surface area (Å²) >= 11 is 0. The number of rotatable bonds is 6. The van der Waals surface area contributed by atoms with Crippen LogP contribution in [-0.4, -0.2) is 33.2 Å². The van der Waals surface area contributed by atoms with Crippen molar-refractivity contribution < 1.29 is 19.2 Å². The molecule has 0 spiro atoms. The van der Waals surface area contributed by atoms with E-state index in [1.165, 1.54) is 25.1 Å². The van der Waals surface area contributed by atoms with Gasteiger partial charge in [0.2, 0.25) is 0 Å². The van der Waals surface area contributed by atoms with Gasteiger partial charge in [0, 0.05) is 11.6 Å². The quantitative estimate of drug-likeness (QED) is 0.473. The summed E-state index contributed by atoms with van der Waals surface area (Å²) < 4.78 is 6.74. The zero-order chi connectivity index (χ0) is 19.4. The van der Waals surface area contributed by atoms with E-state index in [4.69, 9.17) is 4.74 Å². The zero-order valence-corrected chi connectivity index (χ0v) is 14.9. The van der Waals surface area contributed by atoms with Crippen molar-refractivity contribution in [1.82, 2.24) is 9.78 Å². The van der Waals surface area contributed by atoms with Gasteiger partial charge in [-0.15, -0.1) is 0 Å². The summed E-state index contributed by atoms with van der Waals surface area (Å²) in [5, 5.41) is 18.1. The van der Waals surface area contributed by atoms with Crippen LogP contribution >= 0.6 is 0 Å². The molecule has 0 bridgehead atoms. The summed E-state index contributed by atoms with van der Waals surface area (Å²) in [5.74, 6) is -0.896. The lowest BCUT2D eigenvalue weighted by molar-refractivity contribution is -0.385. The smallest absolute Gasteiger partial charge is 0.345 e. The van der Waals surface area contributed by atoms with Crippen LogP contribution in [0.2, 0.25) is 0 Å². The first-order chi connectivity index (χ1) is 13.0. The van der Waals surface area contributed by atoms with Crippen LogP contribution in [0.1, 0.15) is 47.6 Å². The Morgan fingerprint density at radius 1 is 1.33 bits per heavy atom. The Labute approximate surface area is 155 Å². The van der Waals surface area contributed by atoms with Gasteiger partial charge in [-0.1, -0.05) is 25.0 Å². The average Bonchev–Trinajstić information content (AvgIpc) is 3.30. The van der Waals surface area contributed by atoms with Crippen LogP contribution in [-0.2, 0) is 9.53 Å². The van der Waals surface area contributed by atoms with E-state index >= 15 is 0 Å². The van der Waals surface area contributed by atoms with Gasteiger partial charge in [0.15, 0.2) is 6.61 Å².